The molecule has 14 heavy (non-hydrogen) atoms. The lowest BCUT2D eigenvalue weighted by Crippen LogP contribution is -1.92. The van der Waals surface area contributed by atoms with Gasteiger partial charge in [-0.1, -0.05) is 6.07 Å². The number of pyridine rings is 1. The van der Waals surface area contributed by atoms with Crippen molar-refractivity contribution >= 4 is 22.6 Å². The second-order valence-corrected chi connectivity index (χ2v) is 4.17. The molecule has 3 nitrogen and oxygen atoms in total. The smallest absolute Gasteiger partial charge is 0.124 e. The van der Waals surface area contributed by atoms with Gasteiger partial charge in [0.25, 0.3) is 0 Å². The van der Waals surface area contributed by atoms with Crippen LogP contribution in [-0.4, -0.2) is 14.8 Å². The average Bonchev–Trinajstić information content (AvgIpc) is 2.47. The summed E-state index contributed by atoms with van der Waals surface area (Å²) in [6.45, 7) is 2.06. The summed E-state index contributed by atoms with van der Waals surface area (Å²) >= 11 is 2.31. The standard InChI is InChI=1S/C10H10IN3/c1-7-9(11)10(13-14(7)2)8-5-3-4-6-12-8/h3-6H,1-2H3. The van der Waals surface area contributed by atoms with Gasteiger partial charge in [0.1, 0.15) is 5.69 Å². The molecule has 0 N–H and O–H groups in total. The molecule has 0 bridgehead atoms. The number of rotatable bonds is 1. The van der Waals surface area contributed by atoms with E-state index in [1.807, 2.05) is 29.9 Å². The average molecular weight is 299 g/mol. The van der Waals surface area contributed by atoms with Gasteiger partial charge < -0.3 is 0 Å². The summed E-state index contributed by atoms with van der Waals surface area (Å²) in [6, 6.07) is 5.86. The third-order valence-electron chi connectivity index (χ3n) is 2.17. The van der Waals surface area contributed by atoms with Crippen LogP contribution in [0.25, 0.3) is 11.4 Å². The van der Waals surface area contributed by atoms with Crippen molar-refractivity contribution in [2.45, 2.75) is 6.92 Å². The highest BCUT2D eigenvalue weighted by Crippen LogP contribution is 2.23. The van der Waals surface area contributed by atoms with Crippen LogP contribution in [-0.2, 0) is 7.05 Å². The first-order valence-corrected chi connectivity index (χ1v) is 5.38. The molecule has 4 heteroatoms. The Labute approximate surface area is 96.3 Å². The van der Waals surface area contributed by atoms with Crippen molar-refractivity contribution in [3.63, 3.8) is 0 Å². The van der Waals surface area contributed by atoms with Crippen LogP contribution in [0.15, 0.2) is 24.4 Å². The number of nitrogens with zero attached hydrogens (tertiary/aromatic N) is 3. The van der Waals surface area contributed by atoms with Crippen LogP contribution in [0.2, 0.25) is 0 Å². The molecule has 0 saturated heterocycles. The lowest BCUT2D eigenvalue weighted by Gasteiger charge is -1.94. The van der Waals surface area contributed by atoms with Gasteiger partial charge in [-0.15, -0.1) is 0 Å². The zero-order valence-corrected chi connectivity index (χ0v) is 10.2. The molecule has 0 atom stereocenters. The van der Waals surface area contributed by atoms with Crippen LogP contribution >= 0.6 is 22.6 Å². The van der Waals surface area contributed by atoms with E-state index in [4.69, 9.17) is 0 Å². The number of hydrogen-bond donors (Lipinski definition) is 0. The molecule has 2 aromatic heterocycles. The summed E-state index contributed by atoms with van der Waals surface area (Å²) in [7, 11) is 1.95. The van der Waals surface area contributed by atoms with Crippen molar-refractivity contribution in [2.75, 3.05) is 0 Å². The predicted molar refractivity (Wildman–Crippen MR) is 63.9 cm³/mol. The van der Waals surface area contributed by atoms with Gasteiger partial charge in [0.15, 0.2) is 0 Å². The van der Waals surface area contributed by atoms with Gasteiger partial charge in [0.05, 0.1) is 9.26 Å². The number of halogens is 1. The summed E-state index contributed by atoms with van der Waals surface area (Å²) < 4.78 is 3.05. The number of hydrogen-bond acceptors (Lipinski definition) is 2. The molecule has 0 unspecified atom stereocenters. The summed E-state index contributed by atoms with van der Waals surface area (Å²) in [5.41, 5.74) is 3.07. The lowest BCUT2D eigenvalue weighted by atomic mass is 10.2. The van der Waals surface area contributed by atoms with Crippen LogP contribution in [0.5, 0.6) is 0 Å². The van der Waals surface area contributed by atoms with Crippen molar-refractivity contribution < 1.29 is 0 Å². The molecule has 0 saturated carbocycles. The molecule has 0 aliphatic heterocycles. The number of aromatic nitrogens is 3. The van der Waals surface area contributed by atoms with Gasteiger partial charge in [-0.3, -0.25) is 9.67 Å². The summed E-state index contributed by atoms with van der Waals surface area (Å²) in [5, 5.41) is 4.43. The molecular weight excluding hydrogens is 289 g/mol. The van der Waals surface area contributed by atoms with E-state index < -0.39 is 0 Å². The maximum absolute atomic E-state index is 4.43. The first kappa shape index (κ1) is 9.64. The van der Waals surface area contributed by atoms with E-state index in [1.165, 1.54) is 9.26 Å². The molecule has 0 fully saturated rings. The van der Waals surface area contributed by atoms with Gasteiger partial charge in [0, 0.05) is 18.9 Å². The third-order valence-corrected chi connectivity index (χ3v) is 3.46. The normalized spacial score (nSPS) is 10.5. The van der Waals surface area contributed by atoms with Gasteiger partial charge in [-0.2, -0.15) is 5.10 Å². The fraction of sp³-hybridized carbons (Fsp3) is 0.200. The van der Waals surface area contributed by atoms with E-state index in [1.54, 1.807) is 6.20 Å². The van der Waals surface area contributed by atoms with Crippen molar-refractivity contribution in [1.29, 1.82) is 0 Å². The molecule has 0 aliphatic carbocycles. The second kappa shape index (κ2) is 3.68. The predicted octanol–water partition coefficient (Wildman–Crippen LogP) is 2.40. The van der Waals surface area contributed by atoms with Gasteiger partial charge >= 0.3 is 0 Å². The molecule has 2 rings (SSSR count). The van der Waals surface area contributed by atoms with Crippen LogP contribution < -0.4 is 0 Å². The van der Waals surface area contributed by atoms with Crippen molar-refractivity contribution in [2.24, 2.45) is 7.05 Å². The van der Waals surface area contributed by atoms with Crippen LogP contribution in [0.1, 0.15) is 5.69 Å². The Morgan fingerprint density at radius 2 is 2.14 bits per heavy atom. The molecule has 0 aliphatic rings. The minimum Gasteiger partial charge on any atom is -0.271 e. The van der Waals surface area contributed by atoms with E-state index in [9.17, 15) is 0 Å². The Balaban J connectivity index is 2.58. The molecule has 0 amide bonds. The third kappa shape index (κ3) is 1.54. The highest BCUT2D eigenvalue weighted by atomic mass is 127. The Morgan fingerprint density at radius 3 is 2.64 bits per heavy atom. The van der Waals surface area contributed by atoms with Gasteiger partial charge in [0.2, 0.25) is 0 Å². The minimum absolute atomic E-state index is 0.931. The quantitative estimate of drug-likeness (QED) is 0.757. The monoisotopic (exact) mass is 299 g/mol. The topological polar surface area (TPSA) is 30.7 Å². The maximum Gasteiger partial charge on any atom is 0.124 e. The fourth-order valence-electron chi connectivity index (χ4n) is 1.25. The van der Waals surface area contributed by atoms with Crippen molar-refractivity contribution in [1.82, 2.24) is 14.8 Å². The van der Waals surface area contributed by atoms with Gasteiger partial charge in [-0.05, 0) is 41.6 Å². The summed E-state index contributed by atoms with van der Waals surface area (Å²) in [4.78, 5) is 4.28. The molecular formula is C10H10IN3. The number of aryl methyl sites for hydroxylation is 1. The zero-order valence-electron chi connectivity index (χ0n) is 8.03. The van der Waals surface area contributed by atoms with E-state index >= 15 is 0 Å². The van der Waals surface area contributed by atoms with E-state index in [0.29, 0.717) is 0 Å². The largest absolute Gasteiger partial charge is 0.271 e. The fourth-order valence-corrected chi connectivity index (χ4v) is 1.98. The maximum atomic E-state index is 4.43. The molecule has 72 valence electrons. The van der Waals surface area contributed by atoms with Crippen molar-refractivity contribution in [3.05, 3.63) is 33.7 Å². The minimum atomic E-state index is 0.931. The van der Waals surface area contributed by atoms with Crippen molar-refractivity contribution in [3.8, 4) is 11.4 Å². The van der Waals surface area contributed by atoms with E-state index in [-0.39, 0.29) is 0 Å². The molecule has 0 aromatic carbocycles. The van der Waals surface area contributed by atoms with E-state index in [2.05, 4.69) is 39.6 Å². The highest BCUT2D eigenvalue weighted by Gasteiger charge is 2.12. The zero-order chi connectivity index (χ0) is 10.1. The summed E-state index contributed by atoms with van der Waals surface area (Å²) in [5.74, 6) is 0. The Bertz CT molecular complexity index is 448. The molecule has 0 radical (unpaired) electrons. The Hall–Kier alpha value is -0.910. The van der Waals surface area contributed by atoms with Gasteiger partial charge in [-0.25, -0.2) is 0 Å². The first-order valence-electron chi connectivity index (χ1n) is 4.30. The van der Waals surface area contributed by atoms with Crippen LogP contribution in [0.4, 0.5) is 0 Å². The molecule has 2 heterocycles. The first-order chi connectivity index (χ1) is 6.70. The SMILES string of the molecule is Cc1c(I)c(-c2ccccn2)nn1C. The Morgan fingerprint density at radius 1 is 1.36 bits per heavy atom. The van der Waals surface area contributed by atoms with E-state index in [0.717, 1.165) is 11.4 Å². The Kier molecular flexibility index (Phi) is 2.54. The lowest BCUT2D eigenvalue weighted by molar-refractivity contribution is 0.741. The molecule has 2 aromatic rings. The highest BCUT2D eigenvalue weighted by molar-refractivity contribution is 14.1. The second-order valence-electron chi connectivity index (χ2n) is 3.09. The summed E-state index contributed by atoms with van der Waals surface area (Å²) in [6.07, 6.45) is 1.79. The van der Waals surface area contributed by atoms with Crippen LogP contribution in [0.3, 0.4) is 0 Å². The molecule has 0 spiro atoms. The van der Waals surface area contributed by atoms with Crippen LogP contribution in [0, 0.1) is 10.5 Å².